The fourth-order valence-electron chi connectivity index (χ4n) is 3.91. The van der Waals surface area contributed by atoms with Crippen molar-refractivity contribution in [3.05, 3.63) is 72.4 Å². The van der Waals surface area contributed by atoms with Crippen molar-refractivity contribution in [2.75, 3.05) is 31.5 Å². The molecule has 3 aromatic rings. The number of nitrogens with zero attached hydrogens (tertiary/aromatic N) is 2. The standard InChI is InChI=1S/C27H34N6O3/c28-14-16-33(17-15-29)26(35)13-12-25(34)32-24(11-10-20-6-2-1-3-7-20)27(36)31-22-18-21-8-4-5-9-23(21)30-19-22/h1-9,18-19,24H,10-17,28-29H2,(H,31,36)(H,32,34). The molecule has 0 aliphatic rings. The fraction of sp³-hybridized carbons (Fsp3) is 0.333. The smallest absolute Gasteiger partial charge is 0.247 e. The summed E-state index contributed by atoms with van der Waals surface area (Å²) >= 11 is 0. The van der Waals surface area contributed by atoms with E-state index in [1.54, 1.807) is 11.1 Å². The lowest BCUT2D eigenvalue weighted by Gasteiger charge is -2.22. The molecule has 9 heteroatoms. The van der Waals surface area contributed by atoms with Crippen LogP contribution in [-0.2, 0) is 20.8 Å². The normalized spacial score (nSPS) is 11.6. The van der Waals surface area contributed by atoms with Crippen molar-refractivity contribution in [3.63, 3.8) is 0 Å². The lowest BCUT2D eigenvalue weighted by molar-refractivity contribution is -0.133. The van der Waals surface area contributed by atoms with Gasteiger partial charge in [0.25, 0.3) is 0 Å². The number of hydrogen-bond acceptors (Lipinski definition) is 6. The van der Waals surface area contributed by atoms with Gasteiger partial charge in [-0.2, -0.15) is 0 Å². The summed E-state index contributed by atoms with van der Waals surface area (Å²) in [5, 5.41) is 6.59. The predicted molar refractivity (Wildman–Crippen MR) is 141 cm³/mol. The molecule has 0 aliphatic heterocycles. The molecule has 36 heavy (non-hydrogen) atoms. The lowest BCUT2D eigenvalue weighted by atomic mass is 10.0. The van der Waals surface area contributed by atoms with Crippen molar-refractivity contribution in [2.45, 2.75) is 31.7 Å². The zero-order chi connectivity index (χ0) is 25.8. The number of amides is 3. The number of benzene rings is 2. The van der Waals surface area contributed by atoms with Gasteiger partial charge in [0.15, 0.2) is 0 Å². The van der Waals surface area contributed by atoms with Gasteiger partial charge in [-0.1, -0.05) is 48.5 Å². The van der Waals surface area contributed by atoms with Gasteiger partial charge in [0.2, 0.25) is 17.7 Å². The lowest BCUT2D eigenvalue weighted by Crippen LogP contribution is -2.44. The zero-order valence-corrected chi connectivity index (χ0v) is 20.4. The molecule has 0 radical (unpaired) electrons. The highest BCUT2D eigenvalue weighted by atomic mass is 16.2. The molecular formula is C27H34N6O3. The van der Waals surface area contributed by atoms with Crippen LogP contribution in [0, 0.1) is 0 Å². The maximum absolute atomic E-state index is 13.2. The van der Waals surface area contributed by atoms with Crippen LogP contribution in [0.1, 0.15) is 24.8 Å². The summed E-state index contributed by atoms with van der Waals surface area (Å²) in [6.45, 7) is 1.42. The number of aromatic nitrogens is 1. The molecule has 0 spiro atoms. The van der Waals surface area contributed by atoms with E-state index in [1.165, 1.54) is 0 Å². The summed E-state index contributed by atoms with van der Waals surface area (Å²) < 4.78 is 0. The highest BCUT2D eigenvalue weighted by Crippen LogP contribution is 2.17. The Morgan fingerprint density at radius 3 is 2.33 bits per heavy atom. The average molecular weight is 491 g/mol. The molecule has 0 saturated carbocycles. The Morgan fingerprint density at radius 1 is 0.917 bits per heavy atom. The second kappa shape index (κ2) is 13.9. The zero-order valence-electron chi connectivity index (χ0n) is 20.4. The van der Waals surface area contributed by atoms with E-state index >= 15 is 0 Å². The molecule has 0 aliphatic carbocycles. The van der Waals surface area contributed by atoms with Gasteiger partial charge in [0, 0.05) is 44.4 Å². The van der Waals surface area contributed by atoms with Crippen molar-refractivity contribution >= 4 is 34.3 Å². The second-order valence-electron chi connectivity index (χ2n) is 8.51. The van der Waals surface area contributed by atoms with Crippen molar-refractivity contribution in [2.24, 2.45) is 11.5 Å². The SMILES string of the molecule is NCCN(CCN)C(=O)CCC(=O)NC(CCc1ccccc1)C(=O)Nc1cnc2ccccc2c1. The molecule has 1 atom stereocenters. The first kappa shape index (κ1) is 26.8. The highest BCUT2D eigenvalue weighted by molar-refractivity contribution is 5.98. The molecule has 0 saturated heterocycles. The maximum Gasteiger partial charge on any atom is 0.247 e. The molecule has 1 heterocycles. The minimum atomic E-state index is -0.775. The van der Waals surface area contributed by atoms with Crippen molar-refractivity contribution in [1.29, 1.82) is 0 Å². The Bertz CT molecular complexity index is 1150. The van der Waals surface area contributed by atoms with Crippen LogP contribution in [-0.4, -0.2) is 59.8 Å². The van der Waals surface area contributed by atoms with Crippen molar-refractivity contribution < 1.29 is 14.4 Å². The van der Waals surface area contributed by atoms with E-state index in [0.29, 0.717) is 44.7 Å². The fourth-order valence-corrected chi connectivity index (χ4v) is 3.91. The molecule has 3 rings (SSSR count). The Morgan fingerprint density at radius 2 is 1.61 bits per heavy atom. The van der Waals surface area contributed by atoms with Gasteiger partial charge in [-0.25, -0.2) is 0 Å². The summed E-state index contributed by atoms with van der Waals surface area (Å²) in [6, 6.07) is 18.4. The average Bonchev–Trinajstić information content (AvgIpc) is 2.90. The molecule has 6 N–H and O–H groups in total. The maximum atomic E-state index is 13.2. The summed E-state index contributed by atoms with van der Waals surface area (Å²) in [5.41, 5.74) is 13.6. The molecule has 1 aromatic heterocycles. The highest BCUT2D eigenvalue weighted by Gasteiger charge is 2.22. The van der Waals surface area contributed by atoms with Gasteiger partial charge in [-0.3, -0.25) is 19.4 Å². The topological polar surface area (TPSA) is 143 Å². The number of para-hydroxylation sites is 1. The van der Waals surface area contributed by atoms with Gasteiger partial charge in [0.1, 0.15) is 6.04 Å². The van der Waals surface area contributed by atoms with Gasteiger partial charge in [0.05, 0.1) is 17.4 Å². The molecule has 2 aromatic carbocycles. The number of anilines is 1. The van der Waals surface area contributed by atoms with E-state index in [2.05, 4.69) is 15.6 Å². The van der Waals surface area contributed by atoms with Gasteiger partial charge < -0.3 is 27.0 Å². The number of rotatable bonds is 13. The minimum absolute atomic E-state index is 0.0213. The van der Waals surface area contributed by atoms with Crippen LogP contribution in [0.2, 0.25) is 0 Å². The van der Waals surface area contributed by atoms with E-state index in [-0.39, 0.29) is 30.6 Å². The van der Waals surface area contributed by atoms with E-state index in [1.807, 2.05) is 60.7 Å². The van der Waals surface area contributed by atoms with Crippen LogP contribution in [0.25, 0.3) is 10.9 Å². The van der Waals surface area contributed by atoms with Gasteiger partial charge in [-0.05, 0) is 30.5 Å². The molecule has 0 bridgehead atoms. The number of nitrogens with two attached hydrogens (primary N) is 2. The van der Waals surface area contributed by atoms with Crippen LogP contribution in [0.4, 0.5) is 5.69 Å². The number of pyridine rings is 1. The molecular weight excluding hydrogens is 456 g/mol. The van der Waals surface area contributed by atoms with Crippen molar-refractivity contribution in [1.82, 2.24) is 15.2 Å². The molecule has 1 unspecified atom stereocenters. The molecule has 9 nitrogen and oxygen atoms in total. The van der Waals surface area contributed by atoms with Crippen LogP contribution in [0.3, 0.4) is 0 Å². The number of carbonyl (C=O) groups is 3. The van der Waals surface area contributed by atoms with Crippen LogP contribution in [0.5, 0.6) is 0 Å². The Balaban J connectivity index is 1.65. The number of hydrogen-bond donors (Lipinski definition) is 4. The van der Waals surface area contributed by atoms with Crippen LogP contribution >= 0.6 is 0 Å². The summed E-state index contributed by atoms with van der Waals surface area (Å²) in [4.78, 5) is 44.3. The van der Waals surface area contributed by atoms with E-state index in [9.17, 15) is 14.4 Å². The first-order valence-corrected chi connectivity index (χ1v) is 12.2. The van der Waals surface area contributed by atoms with Crippen molar-refractivity contribution in [3.8, 4) is 0 Å². The third kappa shape index (κ3) is 8.14. The predicted octanol–water partition coefficient (Wildman–Crippen LogP) is 1.82. The summed E-state index contributed by atoms with van der Waals surface area (Å²) in [5.74, 6) is -0.891. The number of aryl methyl sites for hydroxylation is 1. The Labute approximate surface area is 211 Å². The number of fused-ring (bicyclic) bond motifs is 1. The monoisotopic (exact) mass is 490 g/mol. The quantitative estimate of drug-likeness (QED) is 0.288. The summed E-state index contributed by atoms with van der Waals surface area (Å²) in [6.07, 6.45) is 2.60. The van der Waals surface area contributed by atoms with Crippen LogP contribution in [0.15, 0.2) is 66.9 Å². The number of nitrogens with one attached hydrogen (secondary N) is 2. The van der Waals surface area contributed by atoms with E-state index < -0.39 is 6.04 Å². The number of carbonyl (C=O) groups excluding carboxylic acids is 3. The van der Waals surface area contributed by atoms with Gasteiger partial charge >= 0.3 is 0 Å². The van der Waals surface area contributed by atoms with Gasteiger partial charge in [-0.15, -0.1) is 0 Å². The summed E-state index contributed by atoms with van der Waals surface area (Å²) in [7, 11) is 0. The molecule has 190 valence electrons. The van der Waals surface area contributed by atoms with Crippen LogP contribution < -0.4 is 22.1 Å². The molecule has 3 amide bonds. The first-order valence-electron chi connectivity index (χ1n) is 12.2. The third-order valence-corrected chi connectivity index (χ3v) is 5.79. The minimum Gasteiger partial charge on any atom is -0.344 e. The Hall–Kier alpha value is -3.82. The largest absolute Gasteiger partial charge is 0.344 e. The Kier molecular flexibility index (Phi) is 10.3. The third-order valence-electron chi connectivity index (χ3n) is 5.79. The van der Waals surface area contributed by atoms with E-state index in [4.69, 9.17) is 11.5 Å². The molecule has 0 fully saturated rings. The second-order valence-corrected chi connectivity index (χ2v) is 8.51. The first-order chi connectivity index (χ1) is 17.5. The van der Waals surface area contributed by atoms with E-state index in [0.717, 1.165) is 16.5 Å².